The van der Waals surface area contributed by atoms with Crippen molar-refractivity contribution in [3.63, 3.8) is 0 Å². The molecule has 0 saturated heterocycles. The first kappa shape index (κ1) is 24.7. The Balaban J connectivity index is 1.59. The summed E-state index contributed by atoms with van der Waals surface area (Å²) in [7, 11) is -1.70. The Morgan fingerprint density at radius 3 is 2.44 bits per heavy atom. The normalized spacial score (nSPS) is 19.3. The van der Waals surface area contributed by atoms with E-state index in [2.05, 4.69) is 35.2 Å². The smallest absolute Gasteiger partial charge is 0.257 e. The summed E-state index contributed by atoms with van der Waals surface area (Å²) in [6.45, 7) is 13.8. The van der Waals surface area contributed by atoms with Gasteiger partial charge in [0.25, 0.3) is 5.91 Å². The zero-order valence-electron chi connectivity index (χ0n) is 21.3. The number of fused-ring (bicyclic) bond motifs is 1. The van der Waals surface area contributed by atoms with Gasteiger partial charge in [-0.1, -0.05) is 63.3 Å². The van der Waals surface area contributed by atoms with E-state index in [1.54, 1.807) is 0 Å². The van der Waals surface area contributed by atoms with E-state index in [9.17, 15) is 9.59 Å². The van der Waals surface area contributed by atoms with Gasteiger partial charge < -0.3 is 15.0 Å². The van der Waals surface area contributed by atoms with Gasteiger partial charge in [-0.05, 0) is 38.7 Å². The number of amides is 2. The van der Waals surface area contributed by atoms with E-state index in [1.165, 1.54) is 0 Å². The largest absolute Gasteiger partial charge is 0.364 e. The van der Waals surface area contributed by atoms with Crippen LogP contribution in [-0.4, -0.2) is 41.6 Å². The van der Waals surface area contributed by atoms with Gasteiger partial charge in [0.15, 0.2) is 11.9 Å². The molecule has 1 aromatic carbocycles. The fourth-order valence-electron chi connectivity index (χ4n) is 5.36. The average molecular weight is 483 g/mol. The van der Waals surface area contributed by atoms with Gasteiger partial charge in [0.1, 0.15) is 0 Å². The molecule has 4 rings (SSSR count). The Kier molecular flexibility index (Phi) is 6.50. The summed E-state index contributed by atoms with van der Waals surface area (Å²) in [6, 6.07) is 9.65. The maximum absolute atomic E-state index is 13.8. The molecule has 2 N–H and O–H groups in total. The Hall–Kier alpha value is -2.45. The van der Waals surface area contributed by atoms with Crippen molar-refractivity contribution in [1.29, 1.82) is 0 Å². The SMILES string of the molecule is CCCOC(C(=O)N1Cc2c(NC(=O)C3([Si](C)(C)C)CCC3)n[nH]c2C1(C)C)c1ccccc1. The minimum absolute atomic E-state index is 0.0795. The van der Waals surface area contributed by atoms with Gasteiger partial charge in [-0.2, -0.15) is 5.10 Å². The molecule has 2 amide bonds. The summed E-state index contributed by atoms with van der Waals surface area (Å²) < 4.78 is 6.04. The number of H-pyrrole nitrogens is 1. The first-order chi connectivity index (χ1) is 16.0. The Morgan fingerprint density at radius 2 is 1.88 bits per heavy atom. The molecule has 1 aromatic heterocycles. The molecule has 1 fully saturated rings. The van der Waals surface area contributed by atoms with Gasteiger partial charge in [0.2, 0.25) is 5.91 Å². The monoisotopic (exact) mass is 482 g/mol. The van der Waals surface area contributed by atoms with Crippen molar-refractivity contribution in [3.05, 3.63) is 47.2 Å². The van der Waals surface area contributed by atoms with Gasteiger partial charge in [0, 0.05) is 17.2 Å². The molecule has 184 valence electrons. The summed E-state index contributed by atoms with van der Waals surface area (Å²) in [6.07, 6.45) is 3.17. The molecule has 2 heterocycles. The van der Waals surface area contributed by atoms with Gasteiger partial charge in [-0.3, -0.25) is 14.7 Å². The molecule has 7 nitrogen and oxygen atoms in total. The maximum atomic E-state index is 13.8. The van der Waals surface area contributed by atoms with Gasteiger partial charge >= 0.3 is 0 Å². The van der Waals surface area contributed by atoms with Crippen LogP contribution in [0.1, 0.15) is 69.4 Å². The van der Waals surface area contributed by atoms with E-state index < -0.39 is 19.7 Å². The number of carbonyl (C=O) groups is 2. The van der Waals surface area contributed by atoms with Crippen LogP contribution in [0.4, 0.5) is 5.82 Å². The van der Waals surface area contributed by atoms with Gasteiger partial charge in [-0.15, -0.1) is 0 Å². The van der Waals surface area contributed by atoms with Crippen LogP contribution in [0.5, 0.6) is 0 Å². The molecule has 1 aliphatic carbocycles. The highest BCUT2D eigenvalue weighted by Gasteiger charge is 2.54. The van der Waals surface area contributed by atoms with Crippen LogP contribution in [0.25, 0.3) is 0 Å². The summed E-state index contributed by atoms with van der Waals surface area (Å²) in [4.78, 5) is 29.1. The van der Waals surface area contributed by atoms with E-state index in [1.807, 2.05) is 56.0 Å². The van der Waals surface area contributed by atoms with E-state index in [4.69, 9.17) is 4.74 Å². The molecule has 1 saturated carbocycles. The summed E-state index contributed by atoms with van der Waals surface area (Å²) >= 11 is 0. The Bertz CT molecular complexity index is 1050. The topological polar surface area (TPSA) is 87.3 Å². The van der Waals surface area contributed by atoms with Crippen molar-refractivity contribution < 1.29 is 14.3 Å². The van der Waals surface area contributed by atoms with Crippen molar-refractivity contribution in [3.8, 4) is 0 Å². The molecular weight excluding hydrogens is 444 g/mol. The lowest BCUT2D eigenvalue weighted by Gasteiger charge is -2.48. The second kappa shape index (κ2) is 8.96. The summed E-state index contributed by atoms with van der Waals surface area (Å²) in [5, 5.41) is 10.5. The number of ether oxygens (including phenoxy) is 1. The van der Waals surface area contributed by atoms with Gasteiger partial charge in [-0.25, -0.2) is 0 Å². The van der Waals surface area contributed by atoms with Crippen LogP contribution in [0.2, 0.25) is 24.7 Å². The van der Waals surface area contributed by atoms with Crippen molar-refractivity contribution in [2.45, 2.75) is 89.3 Å². The number of hydrogen-bond donors (Lipinski definition) is 2. The average Bonchev–Trinajstić information content (AvgIpc) is 3.25. The van der Waals surface area contributed by atoms with E-state index >= 15 is 0 Å². The third-order valence-electron chi connectivity index (χ3n) is 7.86. The fraction of sp³-hybridized carbons (Fsp3) is 0.577. The quantitative estimate of drug-likeness (QED) is 0.496. The number of carbonyl (C=O) groups excluding carboxylic acids is 2. The molecule has 2 aromatic rings. The number of aromatic amines is 1. The van der Waals surface area contributed by atoms with Crippen molar-refractivity contribution in [2.75, 3.05) is 11.9 Å². The first-order valence-corrected chi connectivity index (χ1v) is 15.9. The summed E-state index contributed by atoms with van der Waals surface area (Å²) in [5.74, 6) is 0.561. The number of nitrogens with one attached hydrogen (secondary N) is 2. The molecule has 1 atom stereocenters. The standard InChI is InChI=1S/C26H38N4O3Si/c1-7-16-33-20(18-12-9-8-10-13-18)23(31)30-17-19-21(25(30,2)3)28-29-22(19)27-24(32)26(14-11-15-26)34(4,5)6/h8-10,12-13,20H,7,11,14-17H2,1-6H3,(H2,27,28,29,32). The van der Waals surface area contributed by atoms with Crippen molar-refractivity contribution in [1.82, 2.24) is 15.1 Å². The molecule has 2 aliphatic rings. The minimum Gasteiger partial charge on any atom is -0.364 e. The van der Waals surface area contributed by atoms with Crippen LogP contribution < -0.4 is 5.32 Å². The van der Waals surface area contributed by atoms with E-state index in [0.29, 0.717) is 19.0 Å². The van der Waals surface area contributed by atoms with E-state index in [0.717, 1.165) is 42.5 Å². The lowest BCUT2D eigenvalue weighted by Crippen LogP contribution is -2.52. The predicted octanol–water partition coefficient (Wildman–Crippen LogP) is 5.36. The minimum atomic E-state index is -1.70. The zero-order chi connectivity index (χ0) is 24.7. The number of rotatable bonds is 8. The Morgan fingerprint density at radius 1 is 1.21 bits per heavy atom. The Labute approximate surface area is 203 Å². The van der Waals surface area contributed by atoms with E-state index in [-0.39, 0.29) is 16.9 Å². The lowest BCUT2D eigenvalue weighted by molar-refractivity contribution is -0.150. The first-order valence-electron chi connectivity index (χ1n) is 12.4. The number of nitrogens with zero attached hydrogens (tertiary/aromatic N) is 2. The molecule has 0 spiro atoms. The zero-order valence-corrected chi connectivity index (χ0v) is 22.3. The van der Waals surface area contributed by atoms with Crippen LogP contribution in [-0.2, 0) is 26.4 Å². The second-order valence-corrected chi connectivity index (χ2v) is 16.7. The molecule has 1 unspecified atom stereocenters. The maximum Gasteiger partial charge on any atom is 0.257 e. The van der Waals surface area contributed by atoms with Crippen molar-refractivity contribution >= 4 is 25.7 Å². The summed E-state index contributed by atoms with van der Waals surface area (Å²) in [5.41, 5.74) is 2.01. The van der Waals surface area contributed by atoms with Crippen LogP contribution in [0.3, 0.4) is 0 Å². The van der Waals surface area contributed by atoms with Crippen molar-refractivity contribution in [2.24, 2.45) is 0 Å². The van der Waals surface area contributed by atoms with Crippen LogP contribution >= 0.6 is 0 Å². The number of hydrogen-bond acceptors (Lipinski definition) is 4. The molecule has 0 radical (unpaired) electrons. The van der Waals surface area contributed by atoms with Crippen LogP contribution in [0, 0.1) is 0 Å². The third-order valence-corrected chi connectivity index (χ3v) is 11.5. The highest BCUT2D eigenvalue weighted by molar-refractivity contribution is 6.83. The molecular formula is C26H38N4O3Si. The highest BCUT2D eigenvalue weighted by atomic mass is 28.3. The second-order valence-electron chi connectivity index (χ2n) is 11.2. The number of anilines is 1. The molecule has 1 aliphatic heterocycles. The van der Waals surface area contributed by atoms with Crippen LogP contribution in [0.15, 0.2) is 30.3 Å². The molecule has 0 bridgehead atoms. The fourth-order valence-corrected chi connectivity index (χ4v) is 7.96. The number of aromatic nitrogens is 2. The molecule has 8 heteroatoms. The predicted molar refractivity (Wildman–Crippen MR) is 136 cm³/mol. The van der Waals surface area contributed by atoms with Gasteiger partial charge in [0.05, 0.1) is 25.9 Å². The lowest BCUT2D eigenvalue weighted by atomic mass is 9.83. The third kappa shape index (κ3) is 4.00. The highest BCUT2D eigenvalue weighted by Crippen LogP contribution is 2.56. The molecule has 34 heavy (non-hydrogen) atoms. The number of benzene rings is 1.